The second-order valence-electron chi connectivity index (χ2n) is 7.31. The van der Waals surface area contributed by atoms with E-state index in [1.165, 1.54) is 18.2 Å². The Hall–Kier alpha value is -3.14. The fourth-order valence-corrected chi connectivity index (χ4v) is 3.99. The first-order valence-corrected chi connectivity index (χ1v) is 11.4. The number of ether oxygens (including phenoxy) is 1. The molecule has 0 aliphatic heterocycles. The summed E-state index contributed by atoms with van der Waals surface area (Å²) in [5.74, 6) is -0.263. The fraction of sp³-hybridized carbons (Fsp3) is 0.154. The molecule has 33 heavy (non-hydrogen) atoms. The van der Waals surface area contributed by atoms with Crippen LogP contribution in [0.15, 0.2) is 64.6 Å². The van der Waals surface area contributed by atoms with Gasteiger partial charge in [0.1, 0.15) is 23.2 Å². The van der Waals surface area contributed by atoms with Gasteiger partial charge in [-0.3, -0.25) is 4.79 Å². The van der Waals surface area contributed by atoms with E-state index in [1.807, 2.05) is 26.0 Å². The second-order valence-corrected chi connectivity index (χ2v) is 8.57. The number of aryl methyl sites for hydroxylation is 1. The first-order chi connectivity index (χ1) is 15.8. The number of hydrogen-bond acceptors (Lipinski definition) is 3. The lowest BCUT2D eigenvalue weighted by Crippen LogP contribution is -2.13. The van der Waals surface area contributed by atoms with Gasteiger partial charge in [-0.25, -0.2) is 4.39 Å². The van der Waals surface area contributed by atoms with Crippen LogP contribution in [-0.4, -0.2) is 12.5 Å². The molecule has 0 fully saturated rings. The molecule has 0 saturated carbocycles. The molecule has 0 aliphatic carbocycles. The molecule has 4 nitrogen and oxygen atoms in total. The van der Waals surface area contributed by atoms with Gasteiger partial charge in [-0.2, -0.15) is 5.26 Å². The Morgan fingerprint density at radius 1 is 1.24 bits per heavy atom. The maximum atomic E-state index is 13.6. The van der Waals surface area contributed by atoms with E-state index in [9.17, 15) is 14.4 Å². The monoisotopic (exact) mass is 526 g/mol. The maximum Gasteiger partial charge on any atom is 0.266 e. The van der Waals surface area contributed by atoms with Crippen LogP contribution in [0, 0.1) is 24.1 Å². The van der Waals surface area contributed by atoms with Crippen molar-refractivity contribution in [1.82, 2.24) is 0 Å². The number of nitriles is 1. The molecule has 0 radical (unpaired) electrons. The molecule has 3 aromatic rings. The third-order valence-electron chi connectivity index (χ3n) is 4.85. The van der Waals surface area contributed by atoms with E-state index >= 15 is 0 Å². The molecular weight excluding hydrogens is 507 g/mol. The van der Waals surface area contributed by atoms with Crippen LogP contribution in [0.25, 0.3) is 6.08 Å². The Balaban J connectivity index is 1.91. The summed E-state index contributed by atoms with van der Waals surface area (Å²) in [6, 6.07) is 17.0. The molecule has 168 valence electrons. The highest BCUT2D eigenvalue weighted by molar-refractivity contribution is 9.10. The standard InChI is InChI=1S/C26H21BrClFN2O2/c1-3-33-25-13-18(12-23(27)22(25)11-17-5-4-6-20(29)10-17)9-19(15-30)26(32)31-21-8-7-16(2)24(28)14-21/h4-10,12-14H,3,11H2,1-2H3,(H,31,32)/b19-9+. The van der Waals surface area contributed by atoms with Gasteiger partial charge in [-0.05, 0) is 73.0 Å². The van der Waals surface area contributed by atoms with Gasteiger partial charge in [0.25, 0.3) is 5.91 Å². The van der Waals surface area contributed by atoms with Gasteiger partial charge in [0.15, 0.2) is 0 Å². The molecule has 0 aliphatic rings. The molecule has 0 atom stereocenters. The van der Waals surface area contributed by atoms with Crippen molar-refractivity contribution in [1.29, 1.82) is 5.26 Å². The summed E-state index contributed by atoms with van der Waals surface area (Å²) in [6.45, 7) is 4.15. The SMILES string of the molecule is CCOc1cc(/C=C(\C#N)C(=O)Nc2ccc(C)c(Cl)c2)cc(Br)c1Cc1cccc(F)c1. The minimum absolute atomic E-state index is 0.0704. The minimum Gasteiger partial charge on any atom is -0.494 e. The van der Waals surface area contributed by atoms with Crippen molar-refractivity contribution in [3.05, 3.63) is 97.7 Å². The molecule has 3 aromatic carbocycles. The molecule has 0 saturated heterocycles. The van der Waals surface area contributed by atoms with Crippen LogP contribution in [0.4, 0.5) is 10.1 Å². The van der Waals surface area contributed by atoms with Crippen molar-refractivity contribution in [2.75, 3.05) is 11.9 Å². The number of anilines is 1. The molecular formula is C26H21BrClFN2O2. The van der Waals surface area contributed by atoms with Crippen LogP contribution < -0.4 is 10.1 Å². The van der Waals surface area contributed by atoms with Gasteiger partial charge < -0.3 is 10.1 Å². The Morgan fingerprint density at radius 3 is 2.70 bits per heavy atom. The van der Waals surface area contributed by atoms with E-state index in [4.69, 9.17) is 16.3 Å². The highest BCUT2D eigenvalue weighted by Gasteiger charge is 2.14. The number of hydrogen-bond donors (Lipinski definition) is 1. The van der Waals surface area contributed by atoms with E-state index < -0.39 is 5.91 Å². The summed E-state index contributed by atoms with van der Waals surface area (Å²) in [6.07, 6.45) is 1.95. The van der Waals surface area contributed by atoms with Crippen molar-refractivity contribution in [2.24, 2.45) is 0 Å². The summed E-state index contributed by atoms with van der Waals surface area (Å²) in [7, 11) is 0. The van der Waals surface area contributed by atoms with Crippen LogP contribution in [-0.2, 0) is 11.2 Å². The third kappa shape index (κ3) is 6.44. The number of halogens is 3. The zero-order valence-electron chi connectivity index (χ0n) is 18.1. The van der Waals surface area contributed by atoms with E-state index in [2.05, 4.69) is 21.2 Å². The Morgan fingerprint density at radius 2 is 2.03 bits per heavy atom. The van der Waals surface area contributed by atoms with Crippen LogP contribution >= 0.6 is 27.5 Å². The molecule has 7 heteroatoms. The van der Waals surface area contributed by atoms with Gasteiger partial charge in [-0.1, -0.05) is 45.7 Å². The van der Waals surface area contributed by atoms with E-state index in [0.717, 1.165) is 21.2 Å². The quantitative estimate of drug-likeness (QED) is 0.264. The maximum absolute atomic E-state index is 13.6. The molecule has 0 spiro atoms. The minimum atomic E-state index is -0.546. The molecule has 3 rings (SSSR count). The zero-order chi connectivity index (χ0) is 24.0. The average molecular weight is 528 g/mol. The van der Waals surface area contributed by atoms with E-state index in [-0.39, 0.29) is 11.4 Å². The predicted octanol–water partition coefficient (Wildman–Crippen LogP) is 7.09. The largest absolute Gasteiger partial charge is 0.494 e. The Bertz CT molecular complexity index is 1270. The molecule has 1 N–H and O–H groups in total. The molecule has 0 bridgehead atoms. The number of amides is 1. The first kappa shape index (κ1) is 24.5. The number of carbonyl (C=O) groups is 1. The highest BCUT2D eigenvalue weighted by atomic mass is 79.9. The van der Waals surface area contributed by atoms with Crippen molar-refractivity contribution in [2.45, 2.75) is 20.3 Å². The van der Waals surface area contributed by atoms with Crippen molar-refractivity contribution in [3.8, 4) is 11.8 Å². The summed E-state index contributed by atoms with van der Waals surface area (Å²) in [5.41, 5.74) is 3.57. The average Bonchev–Trinajstić information content (AvgIpc) is 2.77. The lowest BCUT2D eigenvalue weighted by atomic mass is 10.0. The molecule has 0 heterocycles. The number of benzene rings is 3. The summed E-state index contributed by atoms with van der Waals surface area (Å²) < 4.78 is 20.1. The zero-order valence-corrected chi connectivity index (χ0v) is 20.4. The summed E-state index contributed by atoms with van der Waals surface area (Å²) in [4.78, 5) is 12.7. The molecule has 0 aromatic heterocycles. The van der Waals surface area contributed by atoms with Crippen molar-refractivity contribution < 1.29 is 13.9 Å². The molecule has 0 unspecified atom stereocenters. The highest BCUT2D eigenvalue weighted by Crippen LogP contribution is 2.32. The predicted molar refractivity (Wildman–Crippen MR) is 133 cm³/mol. The van der Waals surface area contributed by atoms with E-state index in [1.54, 1.807) is 36.4 Å². The topological polar surface area (TPSA) is 62.1 Å². The van der Waals surface area contributed by atoms with E-state index in [0.29, 0.717) is 35.1 Å². The number of nitrogens with zero attached hydrogens (tertiary/aromatic N) is 1. The first-order valence-electron chi connectivity index (χ1n) is 10.2. The summed E-state index contributed by atoms with van der Waals surface area (Å²) >= 11 is 9.68. The van der Waals surface area contributed by atoms with Crippen LogP contribution in [0.2, 0.25) is 5.02 Å². The van der Waals surface area contributed by atoms with Crippen LogP contribution in [0.1, 0.15) is 29.2 Å². The van der Waals surface area contributed by atoms with Gasteiger partial charge in [0.05, 0.1) is 6.61 Å². The smallest absolute Gasteiger partial charge is 0.266 e. The lowest BCUT2D eigenvalue weighted by molar-refractivity contribution is -0.112. The Labute approximate surface area is 205 Å². The summed E-state index contributed by atoms with van der Waals surface area (Å²) in [5, 5.41) is 12.8. The third-order valence-corrected chi connectivity index (χ3v) is 5.97. The van der Waals surface area contributed by atoms with Gasteiger partial charge in [0, 0.05) is 27.2 Å². The van der Waals surface area contributed by atoms with Crippen LogP contribution in [0.5, 0.6) is 5.75 Å². The van der Waals surface area contributed by atoms with Crippen molar-refractivity contribution in [3.63, 3.8) is 0 Å². The number of carbonyl (C=O) groups excluding carboxylic acids is 1. The van der Waals surface area contributed by atoms with Crippen molar-refractivity contribution >= 4 is 45.2 Å². The normalized spacial score (nSPS) is 11.1. The molecule has 1 amide bonds. The second kappa shape index (κ2) is 11.1. The fourth-order valence-electron chi connectivity index (χ4n) is 3.21. The van der Waals surface area contributed by atoms with Gasteiger partial charge >= 0.3 is 0 Å². The number of rotatable bonds is 7. The lowest BCUT2D eigenvalue weighted by Gasteiger charge is -2.14. The van der Waals surface area contributed by atoms with Gasteiger partial charge in [0.2, 0.25) is 0 Å². The van der Waals surface area contributed by atoms with Crippen LogP contribution in [0.3, 0.4) is 0 Å². The van der Waals surface area contributed by atoms with Gasteiger partial charge in [-0.15, -0.1) is 0 Å². The number of nitrogens with one attached hydrogen (secondary N) is 1. The Kier molecular flexibility index (Phi) is 8.26.